The van der Waals surface area contributed by atoms with Crippen LogP contribution in [0, 0.1) is 6.92 Å². The maximum absolute atomic E-state index is 10.6. The lowest BCUT2D eigenvalue weighted by molar-refractivity contribution is 0.466. The number of alkyl halides is 1. The van der Waals surface area contributed by atoms with Crippen LogP contribution in [-0.4, -0.2) is 5.11 Å². The van der Waals surface area contributed by atoms with E-state index in [1.807, 2.05) is 6.92 Å². The molecule has 0 aliphatic rings. The second kappa shape index (κ2) is 8.26. The Morgan fingerprint density at radius 2 is 1.07 bits per heavy atom. The number of benzene rings is 4. The van der Waals surface area contributed by atoms with E-state index >= 15 is 0 Å². The lowest BCUT2D eigenvalue weighted by Gasteiger charge is -2.37. The van der Waals surface area contributed by atoms with Crippen molar-refractivity contribution >= 4 is 15.9 Å². The zero-order valence-electron chi connectivity index (χ0n) is 16.3. The number of hydrogen-bond acceptors (Lipinski definition) is 1. The highest BCUT2D eigenvalue weighted by Crippen LogP contribution is 2.46. The molecule has 0 bridgehead atoms. The first-order chi connectivity index (χ1) is 14.2. The molecule has 0 saturated carbocycles. The molecule has 0 atom stereocenters. The van der Waals surface area contributed by atoms with Gasteiger partial charge in [0.25, 0.3) is 0 Å². The second-order valence-corrected chi connectivity index (χ2v) is 7.84. The monoisotopic (exact) mass is 442 g/mol. The van der Waals surface area contributed by atoms with Crippen molar-refractivity contribution in [3.8, 4) is 5.75 Å². The molecule has 0 aromatic heterocycles. The van der Waals surface area contributed by atoms with Gasteiger partial charge in [0.1, 0.15) is 5.75 Å². The molecule has 144 valence electrons. The summed E-state index contributed by atoms with van der Waals surface area (Å²) in [5.74, 6) is 0.355. The fourth-order valence-electron chi connectivity index (χ4n) is 4.24. The van der Waals surface area contributed by atoms with Crippen molar-refractivity contribution in [3.63, 3.8) is 0 Å². The van der Waals surface area contributed by atoms with Crippen LogP contribution in [0.4, 0.5) is 0 Å². The van der Waals surface area contributed by atoms with E-state index in [0.717, 1.165) is 16.7 Å². The lowest BCUT2D eigenvalue weighted by atomic mass is 9.64. The van der Waals surface area contributed by atoms with Crippen LogP contribution in [0.1, 0.15) is 33.4 Å². The maximum Gasteiger partial charge on any atom is 0.122 e. The van der Waals surface area contributed by atoms with Crippen molar-refractivity contribution in [2.45, 2.75) is 17.7 Å². The van der Waals surface area contributed by atoms with E-state index in [4.69, 9.17) is 0 Å². The molecule has 0 saturated heterocycles. The van der Waals surface area contributed by atoms with Crippen molar-refractivity contribution in [2.75, 3.05) is 0 Å². The number of halogens is 1. The minimum absolute atomic E-state index is 0.355. The highest BCUT2D eigenvalue weighted by molar-refractivity contribution is 9.08. The smallest absolute Gasteiger partial charge is 0.122 e. The van der Waals surface area contributed by atoms with E-state index in [1.54, 1.807) is 0 Å². The third-order valence-electron chi connectivity index (χ3n) is 5.58. The van der Waals surface area contributed by atoms with Crippen molar-refractivity contribution in [2.24, 2.45) is 0 Å². The van der Waals surface area contributed by atoms with Gasteiger partial charge >= 0.3 is 0 Å². The van der Waals surface area contributed by atoms with Gasteiger partial charge in [-0.3, -0.25) is 0 Å². The summed E-state index contributed by atoms with van der Waals surface area (Å²) < 4.78 is 0. The summed E-state index contributed by atoms with van der Waals surface area (Å²) in [6, 6.07) is 36.1. The van der Waals surface area contributed by atoms with E-state index in [0.29, 0.717) is 11.1 Å². The summed E-state index contributed by atoms with van der Waals surface area (Å²) in [7, 11) is 0. The van der Waals surface area contributed by atoms with Gasteiger partial charge in [-0.05, 0) is 40.8 Å². The molecule has 1 nitrogen and oxygen atoms in total. The minimum atomic E-state index is -0.487. The zero-order valence-corrected chi connectivity index (χ0v) is 17.9. The fourth-order valence-corrected chi connectivity index (χ4v) is 4.66. The normalized spacial score (nSPS) is 11.4. The van der Waals surface area contributed by atoms with E-state index in [-0.39, 0.29) is 0 Å². The van der Waals surface area contributed by atoms with Crippen LogP contribution < -0.4 is 0 Å². The topological polar surface area (TPSA) is 20.2 Å². The predicted molar refractivity (Wildman–Crippen MR) is 124 cm³/mol. The van der Waals surface area contributed by atoms with Crippen molar-refractivity contribution in [1.29, 1.82) is 0 Å². The molecule has 0 aliphatic heterocycles. The highest BCUT2D eigenvalue weighted by Gasteiger charge is 2.38. The second-order valence-electron chi connectivity index (χ2n) is 7.28. The Balaban J connectivity index is 2.16. The Morgan fingerprint density at radius 3 is 1.45 bits per heavy atom. The number of hydrogen-bond donors (Lipinski definition) is 1. The molecule has 1 N–H and O–H groups in total. The molecule has 0 radical (unpaired) electrons. The molecule has 0 unspecified atom stereocenters. The SMILES string of the molecule is Cc1cc(C(c2ccccc2)(c2ccccc2)c2ccccc2)cc(CBr)c1O. The van der Waals surface area contributed by atoms with Gasteiger partial charge in [0, 0.05) is 10.9 Å². The molecule has 0 fully saturated rings. The fraction of sp³-hybridized carbons (Fsp3) is 0.111. The molecule has 4 aromatic rings. The summed E-state index contributed by atoms with van der Waals surface area (Å²) in [4.78, 5) is 0. The third-order valence-corrected chi connectivity index (χ3v) is 6.18. The summed E-state index contributed by atoms with van der Waals surface area (Å²) in [6.07, 6.45) is 0. The van der Waals surface area contributed by atoms with Crippen LogP contribution in [0.3, 0.4) is 0 Å². The Bertz CT molecular complexity index is 993. The number of aromatic hydroxyl groups is 1. The maximum atomic E-state index is 10.6. The molecule has 4 rings (SSSR count). The molecule has 0 heterocycles. The highest BCUT2D eigenvalue weighted by atomic mass is 79.9. The van der Waals surface area contributed by atoms with Crippen molar-refractivity contribution in [1.82, 2.24) is 0 Å². The number of phenolic OH excluding ortho intramolecular Hbond substituents is 1. The van der Waals surface area contributed by atoms with E-state index in [1.165, 1.54) is 16.7 Å². The first-order valence-electron chi connectivity index (χ1n) is 9.73. The van der Waals surface area contributed by atoms with Gasteiger partial charge in [-0.25, -0.2) is 0 Å². The van der Waals surface area contributed by atoms with Crippen LogP contribution >= 0.6 is 15.9 Å². The largest absolute Gasteiger partial charge is 0.507 e. The summed E-state index contributed by atoms with van der Waals surface area (Å²) in [5.41, 5.74) is 6.02. The summed E-state index contributed by atoms with van der Waals surface area (Å²) in [6.45, 7) is 1.97. The standard InChI is InChI=1S/C27H23BrO/c1-20-17-25(18-21(19-28)26(20)29)27(22-11-5-2-6-12-22,23-13-7-3-8-14-23)24-15-9-4-10-16-24/h2-18,29H,19H2,1H3. The van der Waals surface area contributed by atoms with Crippen LogP contribution in [-0.2, 0) is 10.7 Å². The molecule has 0 aliphatic carbocycles. The Hall–Kier alpha value is -2.84. The molecule has 0 amide bonds. The molecular weight excluding hydrogens is 420 g/mol. The van der Waals surface area contributed by atoms with Crippen molar-refractivity contribution in [3.05, 3.63) is 137 Å². The predicted octanol–water partition coefficient (Wildman–Crippen LogP) is 6.98. The van der Waals surface area contributed by atoms with Crippen LogP contribution in [0.5, 0.6) is 5.75 Å². The van der Waals surface area contributed by atoms with Gasteiger partial charge < -0.3 is 5.11 Å². The number of aryl methyl sites for hydroxylation is 1. The van der Waals surface area contributed by atoms with Crippen molar-refractivity contribution < 1.29 is 5.11 Å². The lowest BCUT2D eigenvalue weighted by Crippen LogP contribution is -2.31. The quantitative estimate of drug-likeness (QED) is 0.261. The van der Waals surface area contributed by atoms with Crippen LogP contribution in [0.2, 0.25) is 0 Å². The van der Waals surface area contributed by atoms with Crippen LogP contribution in [0.25, 0.3) is 0 Å². The van der Waals surface area contributed by atoms with Gasteiger partial charge in [-0.15, -0.1) is 0 Å². The van der Waals surface area contributed by atoms with Gasteiger partial charge in [0.05, 0.1) is 5.41 Å². The third kappa shape index (κ3) is 3.38. The van der Waals surface area contributed by atoms with Gasteiger partial charge in [0.2, 0.25) is 0 Å². The number of phenols is 1. The van der Waals surface area contributed by atoms with Gasteiger partial charge in [-0.1, -0.05) is 113 Å². The zero-order chi connectivity index (χ0) is 20.3. The first kappa shape index (κ1) is 19.5. The average Bonchev–Trinajstić information content (AvgIpc) is 2.79. The molecular formula is C27H23BrO. The van der Waals surface area contributed by atoms with E-state index < -0.39 is 5.41 Å². The average molecular weight is 443 g/mol. The van der Waals surface area contributed by atoms with Crippen LogP contribution in [0.15, 0.2) is 103 Å². The summed E-state index contributed by atoms with van der Waals surface area (Å²) in [5, 5.41) is 11.2. The molecule has 4 aromatic carbocycles. The van der Waals surface area contributed by atoms with E-state index in [9.17, 15) is 5.11 Å². The minimum Gasteiger partial charge on any atom is -0.507 e. The molecule has 2 heteroatoms. The first-order valence-corrected chi connectivity index (χ1v) is 10.9. The van der Waals surface area contributed by atoms with E-state index in [2.05, 4.69) is 119 Å². The van der Waals surface area contributed by atoms with Gasteiger partial charge in [-0.2, -0.15) is 0 Å². The molecule has 29 heavy (non-hydrogen) atoms. The Morgan fingerprint density at radius 1 is 0.655 bits per heavy atom. The number of rotatable bonds is 5. The summed E-state index contributed by atoms with van der Waals surface area (Å²) >= 11 is 3.55. The molecule has 0 spiro atoms. The Labute approximate surface area is 180 Å². The Kier molecular flexibility index (Phi) is 5.55. The van der Waals surface area contributed by atoms with Gasteiger partial charge in [0.15, 0.2) is 0 Å².